The molecule has 0 aliphatic rings. The Balaban J connectivity index is 2.68. The van der Waals surface area contributed by atoms with Crippen molar-refractivity contribution >= 4 is 17.5 Å². The molecule has 20 heavy (non-hydrogen) atoms. The van der Waals surface area contributed by atoms with E-state index in [9.17, 15) is 14.4 Å². The first-order valence-corrected chi connectivity index (χ1v) is 6.60. The third-order valence-corrected chi connectivity index (χ3v) is 3.10. The monoisotopic (exact) mass is 277 g/mol. The van der Waals surface area contributed by atoms with Crippen LogP contribution in [0.2, 0.25) is 0 Å². The van der Waals surface area contributed by atoms with Crippen LogP contribution in [0.5, 0.6) is 0 Å². The maximum atomic E-state index is 12.3. The number of hydrogen-bond acceptors (Lipinski definition) is 4. The van der Waals surface area contributed by atoms with Crippen molar-refractivity contribution in [3.8, 4) is 0 Å². The molecule has 1 aromatic heterocycles. The lowest BCUT2D eigenvalue weighted by Gasteiger charge is -2.12. The van der Waals surface area contributed by atoms with Crippen LogP contribution < -0.4 is 0 Å². The quantitative estimate of drug-likeness (QED) is 0.448. The Morgan fingerprint density at radius 3 is 2.50 bits per heavy atom. The molecule has 0 saturated carbocycles. The molecule has 0 aliphatic heterocycles. The van der Waals surface area contributed by atoms with Crippen molar-refractivity contribution in [2.45, 2.75) is 39.5 Å². The molecular weight excluding hydrogens is 258 g/mol. The molecule has 0 amide bonds. The minimum Gasteiger partial charge on any atom is -0.481 e. The Hall–Kier alpha value is -2.04. The van der Waals surface area contributed by atoms with E-state index in [2.05, 4.69) is 4.98 Å². The largest absolute Gasteiger partial charge is 0.481 e. The summed E-state index contributed by atoms with van der Waals surface area (Å²) in [7, 11) is 0. The van der Waals surface area contributed by atoms with Crippen molar-refractivity contribution in [1.29, 1.82) is 0 Å². The summed E-state index contributed by atoms with van der Waals surface area (Å²) < 4.78 is 0. The highest BCUT2D eigenvalue weighted by molar-refractivity contribution is 6.09. The first kappa shape index (κ1) is 16.0. The molecule has 0 fully saturated rings. The average Bonchev–Trinajstić information content (AvgIpc) is 2.37. The van der Waals surface area contributed by atoms with Crippen LogP contribution in [0.4, 0.5) is 0 Å². The van der Waals surface area contributed by atoms with Gasteiger partial charge in [-0.3, -0.25) is 19.4 Å². The van der Waals surface area contributed by atoms with Gasteiger partial charge in [0.1, 0.15) is 5.78 Å². The number of hydrogen-bond donors (Lipinski definition) is 1. The number of aromatic nitrogens is 1. The van der Waals surface area contributed by atoms with E-state index >= 15 is 0 Å². The molecule has 1 unspecified atom stereocenters. The van der Waals surface area contributed by atoms with Gasteiger partial charge in [-0.15, -0.1) is 0 Å². The van der Waals surface area contributed by atoms with Crippen LogP contribution in [0.1, 0.15) is 48.5 Å². The standard InChI is InChI=1S/C15H19NO4/c1-10-7-12(9-16-8-10)15(20)13(11(2)17)5-3-4-6-14(18)19/h7-9,13H,3-6H2,1-2H3,(H,18,19). The van der Waals surface area contributed by atoms with Crippen molar-refractivity contribution < 1.29 is 19.5 Å². The number of aliphatic carboxylic acids is 1. The third-order valence-electron chi connectivity index (χ3n) is 3.10. The van der Waals surface area contributed by atoms with Crippen LogP contribution in [0.15, 0.2) is 18.5 Å². The number of carboxylic acids is 1. The summed E-state index contributed by atoms with van der Waals surface area (Å²) in [6.07, 6.45) is 4.56. The summed E-state index contributed by atoms with van der Waals surface area (Å²) >= 11 is 0. The zero-order valence-electron chi connectivity index (χ0n) is 11.8. The normalized spacial score (nSPS) is 11.9. The Labute approximate surface area is 118 Å². The van der Waals surface area contributed by atoms with Gasteiger partial charge in [0.2, 0.25) is 0 Å². The first-order valence-electron chi connectivity index (χ1n) is 6.60. The highest BCUT2D eigenvalue weighted by Crippen LogP contribution is 2.17. The molecule has 0 aliphatic carbocycles. The van der Waals surface area contributed by atoms with Gasteiger partial charge in [0.15, 0.2) is 5.78 Å². The number of pyridine rings is 1. The summed E-state index contributed by atoms with van der Waals surface area (Å²) in [6.45, 7) is 3.22. The summed E-state index contributed by atoms with van der Waals surface area (Å²) in [5, 5.41) is 8.56. The maximum Gasteiger partial charge on any atom is 0.303 e. The number of carbonyl (C=O) groups excluding carboxylic acids is 2. The second-order valence-corrected chi connectivity index (χ2v) is 4.92. The van der Waals surface area contributed by atoms with Gasteiger partial charge in [-0.1, -0.05) is 6.42 Å². The van der Waals surface area contributed by atoms with E-state index in [4.69, 9.17) is 5.11 Å². The number of ketones is 2. The van der Waals surface area contributed by atoms with Crippen molar-refractivity contribution in [3.63, 3.8) is 0 Å². The summed E-state index contributed by atoms with van der Waals surface area (Å²) in [4.78, 5) is 38.3. The van der Waals surface area contributed by atoms with E-state index in [1.807, 2.05) is 6.92 Å². The van der Waals surface area contributed by atoms with Crippen LogP contribution in [0.3, 0.4) is 0 Å². The molecule has 5 nitrogen and oxygen atoms in total. The molecule has 5 heteroatoms. The van der Waals surface area contributed by atoms with Crippen molar-refractivity contribution in [3.05, 3.63) is 29.6 Å². The van der Waals surface area contributed by atoms with Crippen LogP contribution in [0.25, 0.3) is 0 Å². The lowest BCUT2D eigenvalue weighted by Crippen LogP contribution is -2.22. The van der Waals surface area contributed by atoms with Crippen LogP contribution in [-0.2, 0) is 9.59 Å². The zero-order valence-corrected chi connectivity index (χ0v) is 11.8. The average molecular weight is 277 g/mol. The molecule has 108 valence electrons. The fourth-order valence-corrected chi connectivity index (χ4v) is 2.03. The van der Waals surface area contributed by atoms with E-state index in [0.29, 0.717) is 24.8 Å². The van der Waals surface area contributed by atoms with E-state index in [1.165, 1.54) is 13.1 Å². The highest BCUT2D eigenvalue weighted by Gasteiger charge is 2.24. The molecule has 1 heterocycles. The molecule has 0 radical (unpaired) electrons. The Morgan fingerprint density at radius 1 is 1.25 bits per heavy atom. The molecule has 0 saturated heterocycles. The number of unbranched alkanes of at least 4 members (excludes halogenated alkanes) is 1. The molecule has 0 spiro atoms. The zero-order chi connectivity index (χ0) is 15.1. The molecule has 1 aromatic rings. The Bertz CT molecular complexity index is 510. The molecule has 0 aromatic carbocycles. The van der Waals surface area contributed by atoms with E-state index in [-0.39, 0.29) is 18.0 Å². The van der Waals surface area contributed by atoms with Gasteiger partial charge in [0.25, 0.3) is 0 Å². The Morgan fingerprint density at radius 2 is 1.95 bits per heavy atom. The van der Waals surface area contributed by atoms with Gasteiger partial charge in [-0.05, 0) is 38.3 Å². The second kappa shape index (κ2) is 7.53. The molecule has 1 rings (SSSR count). The molecule has 1 N–H and O–H groups in total. The third kappa shape index (κ3) is 4.91. The highest BCUT2D eigenvalue weighted by atomic mass is 16.4. The lowest BCUT2D eigenvalue weighted by molar-refractivity contribution is -0.137. The molecule has 0 bridgehead atoms. The van der Waals surface area contributed by atoms with Gasteiger partial charge in [0, 0.05) is 24.4 Å². The van der Waals surface area contributed by atoms with E-state index in [0.717, 1.165) is 5.56 Å². The van der Waals surface area contributed by atoms with Crippen LogP contribution in [0, 0.1) is 12.8 Å². The van der Waals surface area contributed by atoms with Crippen molar-refractivity contribution in [2.24, 2.45) is 5.92 Å². The summed E-state index contributed by atoms with van der Waals surface area (Å²) in [5.74, 6) is -1.98. The maximum absolute atomic E-state index is 12.3. The second-order valence-electron chi connectivity index (χ2n) is 4.92. The number of nitrogens with zero attached hydrogens (tertiary/aromatic N) is 1. The van der Waals surface area contributed by atoms with Gasteiger partial charge >= 0.3 is 5.97 Å². The predicted molar refractivity (Wildman–Crippen MR) is 73.6 cm³/mol. The van der Waals surface area contributed by atoms with Crippen molar-refractivity contribution in [1.82, 2.24) is 4.98 Å². The number of carboxylic acid groups (broad SMARTS) is 1. The van der Waals surface area contributed by atoms with Gasteiger partial charge in [0.05, 0.1) is 5.92 Å². The van der Waals surface area contributed by atoms with E-state index in [1.54, 1.807) is 12.3 Å². The molecular formula is C15H19NO4. The fourth-order valence-electron chi connectivity index (χ4n) is 2.03. The fraction of sp³-hybridized carbons (Fsp3) is 0.467. The minimum absolute atomic E-state index is 0.0603. The van der Waals surface area contributed by atoms with Gasteiger partial charge in [-0.2, -0.15) is 0 Å². The topological polar surface area (TPSA) is 84.3 Å². The summed E-state index contributed by atoms with van der Waals surface area (Å²) in [5.41, 5.74) is 1.30. The minimum atomic E-state index is -0.862. The van der Waals surface area contributed by atoms with Crippen LogP contribution in [-0.4, -0.2) is 27.6 Å². The van der Waals surface area contributed by atoms with Crippen LogP contribution >= 0.6 is 0 Å². The smallest absolute Gasteiger partial charge is 0.303 e. The van der Waals surface area contributed by atoms with Gasteiger partial charge in [-0.25, -0.2) is 0 Å². The number of rotatable bonds is 8. The van der Waals surface area contributed by atoms with E-state index < -0.39 is 11.9 Å². The lowest BCUT2D eigenvalue weighted by atomic mass is 9.89. The summed E-state index contributed by atoms with van der Waals surface area (Å²) in [6, 6.07) is 1.71. The number of Topliss-reactive ketones (excluding diaryl/α,β-unsaturated/α-hetero) is 2. The number of aryl methyl sites for hydroxylation is 1. The predicted octanol–water partition coefficient (Wildman–Crippen LogP) is 2.42. The Kier molecular flexibility index (Phi) is 6.03. The SMILES string of the molecule is CC(=O)C(CCCCC(=O)O)C(=O)c1cncc(C)c1. The molecule has 1 atom stereocenters. The van der Waals surface area contributed by atoms with Crippen molar-refractivity contribution in [2.75, 3.05) is 0 Å². The first-order chi connectivity index (χ1) is 9.41. The van der Waals surface area contributed by atoms with Gasteiger partial charge < -0.3 is 5.11 Å². The number of carbonyl (C=O) groups is 3.